The molecule has 0 saturated carbocycles. The van der Waals surface area contributed by atoms with Crippen LogP contribution in [0.25, 0.3) is 0 Å². The van der Waals surface area contributed by atoms with Gasteiger partial charge >= 0.3 is 0 Å². The first-order valence-electron chi connectivity index (χ1n) is 6.95. The lowest BCUT2D eigenvalue weighted by molar-refractivity contribution is 0.178. The van der Waals surface area contributed by atoms with Crippen LogP contribution in [0.3, 0.4) is 0 Å². The monoisotopic (exact) mass is 308 g/mol. The minimum atomic E-state index is -0.732. The quantitative estimate of drug-likeness (QED) is 0.848. The smallest absolute Gasteiger partial charge is 0.142 e. The van der Waals surface area contributed by atoms with Gasteiger partial charge in [-0.05, 0) is 35.7 Å². The van der Waals surface area contributed by atoms with Crippen molar-refractivity contribution in [1.82, 2.24) is 0 Å². The summed E-state index contributed by atoms with van der Waals surface area (Å²) < 4.78 is 18.9. The molecule has 0 amide bonds. The average Bonchev–Trinajstić information content (AvgIpc) is 2.50. The summed E-state index contributed by atoms with van der Waals surface area (Å²) in [6.07, 6.45) is 0.485. The first-order chi connectivity index (χ1) is 10.1. The van der Waals surface area contributed by atoms with Crippen molar-refractivity contribution in [3.05, 3.63) is 64.4 Å². The van der Waals surface area contributed by atoms with Gasteiger partial charge in [0.1, 0.15) is 11.6 Å². The fourth-order valence-electron chi connectivity index (χ4n) is 2.04. The van der Waals surface area contributed by atoms with Crippen LogP contribution in [-0.2, 0) is 6.42 Å². The SMILES string of the molecule is CCCOc1ccc(C(O)Cc2cccc(F)c2Cl)cc1. The lowest BCUT2D eigenvalue weighted by Crippen LogP contribution is -2.03. The van der Waals surface area contributed by atoms with Crippen LogP contribution in [0.1, 0.15) is 30.6 Å². The molecule has 4 heteroatoms. The Balaban J connectivity index is 2.06. The number of halogens is 2. The molecule has 0 aromatic heterocycles. The third kappa shape index (κ3) is 4.19. The van der Waals surface area contributed by atoms with Gasteiger partial charge in [0, 0.05) is 6.42 Å². The topological polar surface area (TPSA) is 29.5 Å². The Morgan fingerprint density at radius 1 is 1.19 bits per heavy atom. The third-order valence-corrected chi connectivity index (χ3v) is 3.61. The summed E-state index contributed by atoms with van der Waals surface area (Å²) in [5.74, 6) is 0.307. The highest BCUT2D eigenvalue weighted by Gasteiger charge is 2.13. The second kappa shape index (κ2) is 7.43. The molecule has 0 aliphatic carbocycles. The molecular formula is C17H18ClFO2. The molecule has 1 N–H and O–H groups in total. The fraction of sp³-hybridized carbons (Fsp3) is 0.294. The van der Waals surface area contributed by atoms with Gasteiger partial charge in [0.05, 0.1) is 17.7 Å². The average molecular weight is 309 g/mol. The van der Waals surface area contributed by atoms with E-state index in [4.69, 9.17) is 16.3 Å². The van der Waals surface area contributed by atoms with E-state index in [-0.39, 0.29) is 11.4 Å². The van der Waals surface area contributed by atoms with Gasteiger partial charge in [0.2, 0.25) is 0 Å². The number of hydrogen-bond donors (Lipinski definition) is 1. The second-order valence-electron chi connectivity index (χ2n) is 4.85. The Labute approximate surface area is 129 Å². The lowest BCUT2D eigenvalue weighted by Gasteiger charge is -2.13. The zero-order valence-electron chi connectivity index (χ0n) is 11.9. The minimum absolute atomic E-state index is 0.0689. The maximum absolute atomic E-state index is 13.4. The van der Waals surface area contributed by atoms with Crippen LogP contribution in [0, 0.1) is 5.82 Å². The molecule has 2 rings (SSSR count). The van der Waals surface area contributed by atoms with Crippen molar-refractivity contribution >= 4 is 11.6 Å². The van der Waals surface area contributed by atoms with Crippen molar-refractivity contribution in [3.8, 4) is 5.75 Å². The Morgan fingerprint density at radius 3 is 2.57 bits per heavy atom. The third-order valence-electron chi connectivity index (χ3n) is 3.18. The molecule has 0 spiro atoms. The molecule has 0 aliphatic heterocycles. The molecule has 0 bridgehead atoms. The van der Waals surface area contributed by atoms with Crippen LogP contribution in [0.2, 0.25) is 5.02 Å². The highest BCUT2D eigenvalue weighted by molar-refractivity contribution is 6.31. The highest BCUT2D eigenvalue weighted by Crippen LogP contribution is 2.26. The van der Waals surface area contributed by atoms with Crippen molar-refractivity contribution in [3.63, 3.8) is 0 Å². The molecule has 112 valence electrons. The lowest BCUT2D eigenvalue weighted by atomic mass is 10.0. The van der Waals surface area contributed by atoms with E-state index in [1.54, 1.807) is 12.1 Å². The van der Waals surface area contributed by atoms with Crippen molar-refractivity contribution in [1.29, 1.82) is 0 Å². The largest absolute Gasteiger partial charge is 0.494 e. The molecule has 2 aromatic carbocycles. The second-order valence-corrected chi connectivity index (χ2v) is 5.23. The molecule has 21 heavy (non-hydrogen) atoms. The van der Waals surface area contributed by atoms with Crippen LogP contribution < -0.4 is 4.74 Å². The van der Waals surface area contributed by atoms with Crippen LogP contribution in [-0.4, -0.2) is 11.7 Å². The summed E-state index contributed by atoms with van der Waals surface area (Å²) in [4.78, 5) is 0. The Kier molecular flexibility index (Phi) is 5.59. The summed E-state index contributed by atoms with van der Waals surface area (Å²) in [5.41, 5.74) is 1.34. The van der Waals surface area contributed by atoms with E-state index in [0.717, 1.165) is 17.7 Å². The predicted molar refractivity (Wildman–Crippen MR) is 82.3 cm³/mol. The van der Waals surface area contributed by atoms with Crippen molar-refractivity contribution < 1.29 is 14.2 Å². The first-order valence-corrected chi connectivity index (χ1v) is 7.33. The zero-order valence-corrected chi connectivity index (χ0v) is 12.6. The van der Waals surface area contributed by atoms with Gasteiger partial charge in [-0.15, -0.1) is 0 Å². The molecule has 1 unspecified atom stereocenters. The molecule has 1 atom stereocenters. The summed E-state index contributed by atoms with van der Waals surface area (Å²) in [5, 5.41) is 10.3. The van der Waals surface area contributed by atoms with Crippen LogP contribution in [0.4, 0.5) is 4.39 Å². The summed E-state index contributed by atoms with van der Waals surface area (Å²) in [6, 6.07) is 11.9. The maximum atomic E-state index is 13.4. The maximum Gasteiger partial charge on any atom is 0.142 e. The van der Waals surface area contributed by atoms with E-state index in [2.05, 4.69) is 0 Å². The van der Waals surface area contributed by atoms with E-state index in [9.17, 15) is 9.50 Å². The number of aliphatic hydroxyl groups excluding tert-OH is 1. The summed E-state index contributed by atoms with van der Waals surface area (Å²) in [6.45, 7) is 2.71. The van der Waals surface area contributed by atoms with Crippen LogP contribution >= 0.6 is 11.6 Å². The number of aliphatic hydroxyl groups is 1. The molecule has 0 fully saturated rings. The number of ether oxygens (including phenoxy) is 1. The van der Waals surface area contributed by atoms with Gasteiger partial charge in [-0.25, -0.2) is 4.39 Å². The highest BCUT2D eigenvalue weighted by atomic mass is 35.5. The fourth-order valence-corrected chi connectivity index (χ4v) is 2.24. The van der Waals surface area contributed by atoms with E-state index >= 15 is 0 Å². The summed E-state index contributed by atoms with van der Waals surface area (Å²) >= 11 is 5.90. The molecular weight excluding hydrogens is 291 g/mol. The Hall–Kier alpha value is -1.58. The van der Waals surface area contributed by atoms with E-state index < -0.39 is 11.9 Å². The Bertz CT molecular complexity index is 584. The van der Waals surface area contributed by atoms with Gasteiger partial charge < -0.3 is 9.84 Å². The Morgan fingerprint density at radius 2 is 1.90 bits per heavy atom. The predicted octanol–water partition coefficient (Wildman–Crippen LogP) is 4.54. The van der Waals surface area contributed by atoms with Gasteiger partial charge in [-0.3, -0.25) is 0 Å². The van der Waals surface area contributed by atoms with E-state index in [0.29, 0.717) is 12.2 Å². The van der Waals surface area contributed by atoms with Gasteiger partial charge in [0.25, 0.3) is 0 Å². The zero-order chi connectivity index (χ0) is 15.2. The molecule has 0 radical (unpaired) electrons. The van der Waals surface area contributed by atoms with Crippen molar-refractivity contribution in [2.24, 2.45) is 0 Å². The molecule has 2 nitrogen and oxygen atoms in total. The molecule has 0 saturated heterocycles. The molecule has 0 heterocycles. The van der Waals surface area contributed by atoms with Crippen molar-refractivity contribution in [2.45, 2.75) is 25.9 Å². The normalized spacial score (nSPS) is 12.2. The number of benzene rings is 2. The van der Waals surface area contributed by atoms with Crippen LogP contribution in [0.15, 0.2) is 42.5 Å². The van der Waals surface area contributed by atoms with Crippen LogP contribution in [0.5, 0.6) is 5.75 Å². The van der Waals surface area contributed by atoms with Gasteiger partial charge in [0.15, 0.2) is 0 Å². The molecule has 0 aliphatic rings. The first kappa shape index (κ1) is 15.8. The van der Waals surface area contributed by atoms with E-state index in [1.165, 1.54) is 6.07 Å². The number of hydrogen-bond acceptors (Lipinski definition) is 2. The van der Waals surface area contributed by atoms with E-state index in [1.807, 2.05) is 31.2 Å². The van der Waals surface area contributed by atoms with Gasteiger partial charge in [-0.2, -0.15) is 0 Å². The number of rotatable bonds is 6. The van der Waals surface area contributed by atoms with Crippen molar-refractivity contribution in [2.75, 3.05) is 6.61 Å². The van der Waals surface area contributed by atoms with Gasteiger partial charge in [-0.1, -0.05) is 42.8 Å². The standard InChI is InChI=1S/C17H18ClFO2/c1-2-10-21-14-8-6-12(7-9-14)16(20)11-13-4-3-5-15(19)17(13)18/h3-9,16,20H,2,10-11H2,1H3. The minimum Gasteiger partial charge on any atom is -0.494 e. The summed E-state index contributed by atoms with van der Waals surface area (Å²) in [7, 11) is 0. The molecule has 2 aromatic rings.